The van der Waals surface area contributed by atoms with Gasteiger partial charge in [-0.05, 0) is 45.6 Å². The molecule has 3 heteroatoms. The van der Waals surface area contributed by atoms with Gasteiger partial charge in [-0.1, -0.05) is 19.3 Å². The average Bonchev–Trinajstić information content (AvgIpc) is 2.40. The van der Waals surface area contributed by atoms with Crippen LogP contribution in [-0.2, 0) is 4.79 Å². The molecule has 18 heavy (non-hydrogen) atoms. The first-order valence-corrected chi connectivity index (χ1v) is 7.60. The van der Waals surface area contributed by atoms with Gasteiger partial charge in [0, 0.05) is 25.0 Å². The Balaban J connectivity index is 1.76. The van der Waals surface area contributed by atoms with E-state index in [-0.39, 0.29) is 5.54 Å². The molecule has 0 radical (unpaired) electrons. The molecule has 0 spiro atoms. The van der Waals surface area contributed by atoms with Gasteiger partial charge in [-0.25, -0.2) is 0 Å². The highest BCUT2D eigenvalue weighted by Gasteiger charge is 2.31. The van der Waals surface area contributed by atoms with Gasteiger partial charge >= 0.3 is 0 Å². The molecule has 1 aliphatic carbocycles. The molecule has 1 saturated carbocycles. The number of likely N-dealkylation sites (tertiary alicyclic amines) is 1. The first kappa shape index (κ1) is 13.9. The minimum atomic E-state index is 0.238. The normalized spacial score (nSPS) is 25.1. The van der Waals surface area contributed by atoms with Gasteiger partial charge in [-0.3, -0.25) is 4.79 Å². The van der Waals surface area contributed by atoms with E-state index in [1.54, 1.807) is 0 Å². The zero-order valence-corrected chi connectivity index (χ0v) is 12.0. The molecule has 104 valence electrons. The number of rotatable bonds is 3. The SMILES string of the molecule is CNC1(C)CCN(C(=O)CC2CCCCC2)CC1. The largest absolute Gasteiger partial charge is 0.343 e. The molecule has 0 atom stereocenters. The van der Waals surface area contributed by atoms with E-state index in [1.807, 2.05) is 7.05 Å². The third-order valence-corrected chi connectivity index (χ3v) is 5.01. The van der Waals surface area contributed by atoms with E-state index in [9.17, 15) is 4.79 Å². The second-order valence-electron chi connectivity index (χ2n) is 6.40. The molecule has 1 amide bonds. The van der Waals surface area contributed by atoms with Crippen molar-refractivity contribution >= 4 is 5.91 Å². The van der Waals surface area contributed by atoms with E-state index < -0.39 is 0 Å². The molecular formula is C15H28N2O. The lowest BCUT2D eigenvalue weighted by Gasteiger charge is -2.39. The molecule has 0 aromatic rings. The number of carbonyl (C=O) groups is 1. The van der Waals surface area contributed by atoms with Crippen LogP contribution in [0, 0.1) is 5.92 Å². The van der Waals surface area contributed by atoms with Crippen molar-refractivity contribution in [2.45, 2.75) is 63.8 Å². The summed E-state index contributed by atoms with van der Waals surface area (Å²) < 4.78 is 0. The standard InChI is InChI=1S/C15H28N2O/c1-15(16-2)8-10-17(11-9-15)14(18)12-13-6-4-3-5-7-13/h13,16H,3-12H2,1-2H3. The molecule has 2 rings (SSSR count). The zero-order valence-electron chi connectivity index (χ0n) is 12.0. The molecular weight excluding hydrogens is 224 g/mol. The maximum Gasteiger partial charge on any atom is 0.222 e. The van der Waals surface area contributed by atoms with Gasteiger partial charge in [-0.15, -0.1) is 0 Å². The zero-order chi connectivity index (χ0) is 13.0. The lowest BCUT2D eigenvalue weighted by Crippen LogP contribution is -2.51. The van der Waals surface area contributed by atoms with Crippen molar-refractivity contribution in [3.8, 4) is 0 Å². The number of hydrogen-bond acceptors (Lipinski definition) is 2. The van der Waals surface area contributed by atoms with Crippen molar-refractivity contribution in [2.24, 2.45) is 5.92 Å². The average molecular weight is 252 g/mol. The van der Waals surface area contributed by atoms with Crippen molar-refractivity contribution in [1.82, 2.24) is 10.2 Å². The number of amides is 1. The Hall–Kier alpha value is -0.570. The van der Waals surface area contributed by atoms with Crippen molar-refractivity contribution in [1.29, 1.82) is 0 Å². The summed E-state index contributed by atoms with van der Waals surface area (Å²) in [7, 11) is 2.03. The highest BCUT2D eigenvalue weighted by Crippen LogP contribution is 2.28. The summed E-state index contributed by atoms with van der Waals surface area (Å²) in [5.41, 5.74) is 0.238. The quantitative estimate of drug-likeness (QED) is 0.837. The van der Waals surface area contributed by atoms with Crippen molar-refractivity contribution in [2.75, 3.05) is 20.1 Å². The molecule has 0 aromatic heterocycles. The molecule has 1 saturated heterocycles. The summed E-state index contributed by atoms with van der Waals surface area (Å²) in [6.45, 7) is 4.13. The summed E-state index contributed by atoms with van der Waals surface area (Å²) in [6, 6.07) is 0. The van der Waals surface area contributed by atoms with Crippen molar-refractivity contribution in [3.05, 3.63) is 0 Å². The van der Waals surface area contributed by atoms with Gasteiger partial charge in [0.15, 0.2) is 0 Å². The van der Waals surface area contributed by atoms with Crippen molar-refractivity contribution < 1.29 is 4.79 Å². The third-order valence-electron chi connectivity index (χ3n) is 5.01. The minimum absolute atomic E-state index is 0.238. The van der Waals surface area contributed by atoms with E-state index >= 15 is 0 Å². The first-order chi connectivity index (χ1) is 8.63. The highest BCUT2D eigenvalue weighted by atomic mass is 16.2. The van der Waals surface area contributed by atoms with Crippen LogP contribution in [0.1, 0.15) is 58.3 Å². The summed E-state index contributed by atoms with van der Waals surface area (Å²) in [4.78, 5) is 14.4. The summed E-state index contributed by atoms with van der Waals surface area (Å²) in [6.07, 6.45) is 9.54. The molecule has 1 heterocycles. The molecule has 3 nitrogen and oxygen atoms in total. The van der Waals surface area contributed by atoms with Crippen LogP contribution in [0.15, 0.2) is 0 Å². The molecule has 0 aromatic carbocycles. The number of hydrogen-bond donors (Lipinski definition) is 1. The second-order valence-corrected chi connectivity index (χ2v) is 6.40. The smallest absolute Gasteiger partial charge is 0.222 e. The van der Waals surface area contributed by atoms with Gasteiger partial charge in [0.25, 0.3) is 0 Å². The number of nitrogens with one attached hydrogen (secondary N) is 1. The van der Waals surface area contributed by atoms with Gasteiger partial charge < -0.3 is 10.2 Å². The topological polar surface area (TPSA) is 32.3 Å². The van der Waals surface area contributed by atoms with Crippen LogP contribution in [0.4, 0.5) is 0 Å². The number of nitrogens with zero attached hydrogens (tertiary/aromatic N) is 1. The molecule has 0 unspecified atom stereocenters. The highest BCUT2D eigenvalue weighted by molar-refractivity contribution is 5.76. The molecule has 1 N–H and O–H groups in total. The third kappa shape index (κ3) is 3.47. The van der Waals surface area contributed by atoms with E-state index in [0.717, 1.165) is 32.4 Å². The van der Waals surface area contributed by atoms with Crippen LogP contribution < -0.4 is 5.32 Å². The monoisotopic (exact) mass is 252 g/mol. The van der Waals surface area contributed by atoms with Crippen LogP contribution in [-0.4, -0.2) is 36.5 Å². The van der Waals surface area contributed by atoms with E-state index in [4.69, 9.17) is 0 Å². The van der Waals surface area contributed by atoms with Gasteiger partial charge in [0.1, 0.15) is 0 Å². The lowest BCUT2D eigenvalue weighted by molar-refractivity contribution is -0.134. The van der Waals surface area contributed by atoms with E-state index in [1.165, 1.54) is 32.1 Å². The molecule has 1 aliphatic heterocycles. The maximum atomic E-state index is 12.3. The van der Waals surface area contributed by atoms with Crippen LogP contribution in [0.3, 0.4) is 0 Å². The van der Waals surface area contributed by atoms with Crippen LogP contribution >= 0.6 is 0 Å². The number of carbonyl (C=O) groups excluding carboxylic acids is 1. The summed E-state index contributed by atoms with van der Waals surface area (Å²) in [5, 5.41) is 3.38. The fourth-order valence-corrected chi connectivity index (χ4v) is 3.27. The lowest BCUT2D eigenvalue weighted by atomic mass is 9.85. The fraction of sp³-hybridized carbons (Fsp3) is 0.933. The predicted octanol–water partition coefficient (Wildman–Crippen LogP) is 2.56. The Morgan fingerprint density at radius 3 is 2.39 bits per heavy atom. The van der Waals surface area contributed by atoms with Crippen LogP contribution in [0.2, 0.25) is 0 Å². The Kier molecular flexibility index (Phi) is 4.66. The number of piperidine rings is 1. The van der Waals surface area contributed by atoms with Gasteiger partial charge in [0.05, 0.1) is 0 Å². The van der Waals surface area contributed by atoms with E-state index in [0.29, 0.717) is 11.8 Å². The second kappa shape index (κ2) is 6.05. The Bertz CT molecular complexity index is 276. The summed E-state index contributed by atoms with van der Waals surface area (Å²) >= 11 is 0. The fourth-order valence-electron chi connectivity index (χ4n) is 3.27. The summed E-state index contributed by atoms with van der Waals surface area (Å²) in [5.74, 6) is 1.07. The van der Waals surface area contributed by atoms with E-state index in [2.05, 4.69) is 17.1 Å². The first-order valence-electron chi connectivity index (χ1n) is 7.60. The predicted molar refractivity (Wildman–Crippen MR) is 74.5 cm³/mol. The van der Waals surface area contributed by atoms with Crippen molar-refractivity contribution in [3.63, 3.8) is 0 Å². The Morgan fingerprint density at radius 2 is 1.83 bits per heavy atom. The molecule has 2 aliphatic rings. The minimum Gasteiger partial charge on any atom is -0.343 e. The Morgan fingerprint density at radius 1 is 1.22 bits per heavy atom. The Labute approximate surface area is 111 Å². The van der Waals surface area contributed by atoms with Gasteiger partial charge in [-0.2, -0.15) is 0 Å². The maximum absolute atomic E-state index is 12.3. The van der Waals surface area contributed by atoms with Gasteiger partial charge in [0.2, 0.25) is 5.91 Å². The van der Waals surface area contributed by atoms with Crippen LogP contribution in [0.5, 0.6) is 0 Å². The molecule has 2 fully saturated rings. The van der Waals surface area contributed by atoms with Crippen LogP contribution in [0.25, 0.3) is 0 Å². The molecule has 0 bridgehead atoms.